The van der Waals surface area contributed by atoms with Crippen molar-refractivity contribution in [3.05, 3.63) is 83.7 Å². The van der Waals surface area contributed by atoms with Gasteiger partial charge in [-0.05, 0) is 60.2 Å². The van der Waals surface area contributed by atoms with Crippen LogP contribution in [0.15, 0.2) is 66.7 Å². The molecule has 0 aliphatic heterocycles. The van der Waals surface area contributed by atoms with Gasteiger partial charge in [0.05, 0.1) is 11.0 Å². The largest absolute Gasteiger partial charge is 0.323 e. The normalized spacial score (nSPS) is 11.3. The zero-order chi connectivity index (χ0) is 27.6. The Balaban J connectivity index is 1.59. The minimum absolute atomic E-state index is 0.104. The van der Waals surface area contributed by atoms with Crippen LogP contribution in [-0.4, -0.2) is 22.0 Å². The lowest BCUT2D eigenvalue weighted by atomic mass is 9.99. The Hall–Kier alpha value is -3.40. The van der Waals surface area contributed by atoms with Crippen molar-refractivity contribution in [2.75, 3.05) is 11.4 Å². The molecule has 0 radical (unpaired) electrons. The van der Waals surface area contributed by atoms with Gasteiger partial charge in [0, 0.05) is 32.1 Å². The summed E-state index contributed by atoms with van der Waals surface area (Å²) in [7, 11) is 0. The molecular weight excluding hydrogens is 478 g/mol. The van der Waals surface area contributed by atoms with Crippen LogP contribution < -0.4 is 4.90 Å². The molecule has 206 valence electrons. The number of aromatic nitrogens is 2. The first-order valence-electron chi connectivity index (χ1n) is 14.9. The third-order valence-corrected chi connectivity index (χ3v) is 7.74. The Bertz CT molecular complexity index is 1350. The SMILES string of the molecule is CCCCCCCCN(C(C)=O)c1ccc2nc(CCCC)n(Cc3ccc(-c4ccccc4C)cc3)c2c1. The zero-order valence-corrected chi connectivity index (χ0v) is 24.4. The van der Waals surface area contributed by atoms with Crippen molar-refractivity contribution in [2.24, 2.45) is 0 Å². The van der Waals surface area contributed by atoms with Crippen molar-refractivity contribution in [2.45, 2.75) is 92.0 Å². The molecular formula is C35H45N3O. The van der Waals surface area contributed by atoms with E-state index < -0.39 is 0 Å². The lowest BCUT2D eigenvalue weighted by Crippen LogP contribution is -2.29. The summed E-state index contributed by atoms with van der Waals surface area (Å²) in [6, 6.07) is 23.8. The fourth-order valence-corrected chi connectivity index (χ4v) is 5.42. The number of carbonyl (C=O) groups excluding carboxylic acids is 1. The van der Waals surface area contributed by atoms with E-state index in [1.54, 1.807) is 6.92 Å². The molecule has 0 aliphatic carbocycles. The molecule has 0 aliphatic rings. The molecule has 39 heavy (non-hydrogen) atoms. The number of carbonyl (C=O) groups is 1. The molecule has 0 bridgehead atoms. The van der Waals surface area contributed by atoms with Crippen molar-refractivity contribution < 1.29 is 4.79 Å². The Kier molecular flexibility index (Phi) is 10.4. The molecule has 1 amide bonds. The van der Waals surface area contributed by atoms with Gasteiger partial charge in [-0.1, -0.05) is 101 Å². The molecule has 0 spiro atoms. The smallest absolute Gasteiger partial charge is 0.223 e. The van der Waals surface area contributed by atoms with Gasteiger partial charge in [0.1, 0.15) is 5.82 Å². The molecule has 0 unspecified atom stereocenters. The van der Waals surface area contributed by atoms with E-state index in [2.05, 4.69) is 92.1 Å². The third-order valence-electron chi connectivity index (χ3n) is 7.74. The molecule has 3 aromatic carbocycles. The lowest BCUT2D eigenvalue weighted by Gasteiger charge is -2.21. The van der Waals surface area contributed by atoms with Gasteiger partial charge in [0.15, 0.2) is 0 Å². The second-order valence-corrected chi connectivity index (χ2v) is 10.8. The molecule has 4 aromatic rings. The lowest BCUT2D eigenvalue weighted by molar-refractivity contribution is -0.116. The predicted molar refractivity (Wildman–Crippen MR) is 165 cm³/mol. The van der Waals surface area contributed by atoms with Crippen LogP contribution in [0.4, 0.5) is 5.69 Å². The van der Waals surface area contributed by atoms with Crippen LogP contribution in [-0.2, 0) is 17.8 Å². The monoisotopic (exact) mass is 523 g/mol. The predicted octanol–water partition coefficient (Wildman–Crippen LogP) is 9.12. The molecule has 0 saturated heterocycles. The van der Waals surface area contributed by atoms with Crippen molar-refractivity contribution in [1.82, 2.24) is 9.55 Å². The first-order valence-corrected chi connectivity index (χ1v) is 14.9. The fraction of sp³-hybridized carbons (Fsp3) is 0.429. The minimum Gasteiger partial charge on any atom is -0.323 e. The Morgan fingerprint density at radius 1 is 0.846 bits per heavy atom. The highest BCUT2D eigenvalue weighted by Crippen LogP contribution is 2.27. The van der Waals surface area contributed by atoms with Gasteiger partial charge in [-0.15, -0.1) is 0 Å². The van der Waals surface area contributed by atoms with Crippen LogP contribution in [0.5, 0.6) is 0 Å². The summed E-state index contributed by atoms with van der Waals surface area (Å²) in [5.74, 6) is 1.23. The molecule has 4 heteroatoms. The van der Waals surface area contributed by atoms with Crippen LogP contribution in [0.1, 0.15) is 89.1 Å². The number of nitrogens with zero attached hydrogens (tertiary/aromatic N) is 3. The molecule has 0 N–H and O–H groups in total. The van der Waals surface area contributed by atoms with E-state index in [9.17, 15) is 4.79 Å². The average molecular weight is 524 g/mol. The van der Waals surface area contributed by atoms with Crippen LogP contribution in [0.3, 0.4) is 0 Å². The van der Waals surface area contributed by atoms with Gasteiger partial charge >= 0.3 is 0 Å². The number of anilines is 1. The number of imidazole rings is 1. The summed E-state index contributed by atoms with van der Waals surface area (Å²) in [5.41, 5.74) is 8.15. The summed E-state index contributed by atoms with van der Waals surface area (Å²) in [4.78, 5) is 19.6. The number of benzene rings is 3. The maximum Gasteiger partial charge on any atom is 0.223 e. The number of hydrogen-bond acceptors (Lipinski definition) is 2. The van der Waals surface area contributed by atoms with Gasteiger partial charge in [-0.3, -0.25) is 4.79 Å². The summed E-state index contributed by atoms with van der Waals surface area (Å²) in [6.07, 6.45) is 10.5. The first kappa shape index (κ1) is 28.6. The Labute approximate surface area is 235 Å². The highest BCUT2D eigenvalue weighted by molar-refractivity contribution is 5.94. The van der Waals surface area contributed by atoms with E-state index >= 15 is 0 Å². The van der Waals surface area contributed by atoms with Crippen LogP contribution >= 0.6 is 0 Å². The number of rotatable bonds is 14. The second kappa shape index (κ2) is 14.1. The van der Waals surface area contributed by atoms with Gasteiger partial charge in [0.25, 0.3) is 0 Å². The van der Waals surface area contributed by atoms with E-state index in [4.69, 9.17) is 4.98 Å². The molecule has 4 nitrogen and oxygen atoms in total. The van der Waals surface area contributed by atoms with Gasteiger partial charge in [-0.25, -0.2) is 4.98 Å². The Morgan fingerprint density at radius 2 is 1.56 bits per heavy atom. The topological polar surface area (TPSA) is 38.1 Å². The van der Waals surface area contributed by atoms with Crippen LogP contribution in [0.25, 0.3) is 22.2 Å². The van der Waals surface area contributed by atoms with Gasteiger partial charge < -0.3 is 9.47 Å². The van der Waals surface area contributed by atoms with E-state index in [-0.39, 0.29) is 5.91 Å². The van der Waals surface area contributed by atoms with E-state index in [1.165, 1.54) is 54.4 Å². The van der Waals surface area contributed by atoms with Crippen LogP contribution in [0, 0.1) is 6.92 Å². The molecule has 1 heterocycles. The quantitative estimate of drug-likeness (QED) is 0.155. The zero-order valence-electron chi connectivity index (χ0n) is 24.4. The van der Waals surface area contributed by atoms with Crippen molar-refractivity contribution in [3.63, 3.8) is 0 Å². The second-order valence-electron chi connectivity index (χ2n) is 10.8. The molecule has 0 saturated carbocycles. The standard InChI is InChI=1S/C35H45N3O/c1-5-7-9-10-11-14-24-37(28(4)39)31-22-23-33-34(25-31)38(35(36-33)17-8-6-2)26-29-18-20-30(21-19-29)32-16-13-12-15-27(32)3/h12-13,15-16,18-23,25H,5-11,14,17,24,26H2,1-4H3. The van der Waals surface area contributed by atoms with Crippen LogP contribution in [0.2, 0.25) is 0 Å². The number of fused-ring (bicyclic) bond motifs is 1. The van der Waals surface area contributed by atoms with Crippen molar-refractivity contribution >= 4 is 22.6 Å². The molecule has 0 atom stereocenters. The van der Waals surface area contributed by atoms with Crippen molar-refractivity contribution in [3.8, 4) is 11.1 Å². The maximum atomic E-state index is 12.6. The maximum absolute atomic E-state index is 12.6. The first-order chi connectivity index (χ1) is 19.0. The number of unbranched alkanes of at least 4 members (excludes halogenated alkanes) is 6. The number of amides is 1. The minimum atomic E-state index is 0.104. The Morgan fingerprint density at radius 3 is 2.28 bits per heavy atom. The van der Waals surface area contributed by atoms with Gasteiger partial charge in [-0.2, -0.15) is 0 Å². The summed E-state index contributed by atoms with van der Waals surface area (Å²) >= 11 is 0. The van der Waals surface area contributed by atoms with Gasteiger partial charge in [0.2, 0.25) is 5.91 Å². The highest BCUT2D eigenvalue weighted by atomic mass is 16.2. The summed E-state index contributed by atoms with van der Waals surface area (Å²) in [6.45, 7) is 9.85. The number of hydrogen-bond donors (Lipinski definition) is 0. The van der Waals surface area contributed by atoms with E-state index in [0.29, 0.717) is 0 Å². The summed E-state index contributed by atoms with van der Waals surface area (Å²) in [5, 5.41) is 0. The molecule has 1 aromatic heterocycles. The highest BCUT2D eigenvalue weighted by Gasteiger charge is 2.16. The third kappa shape index (κ3) is 7.38. The number of aryl methyl sites for hydroxylation is 2. The molecule has 0 fully saturated rings. The molecule has 4 rings (SSSR count). The average Bonchev–Trinajstić information content (AvgIpc) is 3.28. The summed E-state index contributed by atoms with van der Waals surface area (Å²) < 4.78 is 2.36. The van der Waals surface area contributed by atoms with E-state index in [1.807, 2.05) is 4.90 Å². The van der Waals surface area contributed by atoms with E-state index in [0.717, 1.165) is 61.3 Å². The van der Waals surface area contributed by atoms with Crippen molar-refractivity contribution in [1.29, 1.82) is 0 Å². The fourth-order valence-electron chi connectivity index (χ4n) is 5.42.